The number of phenolic OH excluding ortho intramolecular Hbond substituents is 1. The fraction of sp³-hybridized carbons (Fsp3) is 0.562. The molecule has 0 heterocycles. The van der Waals surface area contributed by atoms with E-state index < -0.39 is 0 Å². The second-order valence-electron chi connectivity index (χ2n) is 6.98. The lowest BCUT2D eigenvalue weighted by molar-refractivity contribution is 0.101. The lowest BCUT2D eigenvalue weighted by Crippen LogP contribution is -2.18. The maximum Gasteiger partial charge on any atom is 0.163 e. The van der Waals surface area contributed by atoms with Gasteiger partial charge in [0.2, 0.25) is 0 Å². The molecular formula is C16H24O2. The highest BCUT2D eigenvalue weighted by molar-refractivity contribution is 5.97. The van der Waals surface area contributed by atoms with Crippen LogP contribution in [0.3, 0.4) is 0 Å². The smallest absolute Gasteiger partial charge is 0.163 e. The first-order valence-corrected chi connectivity index (χ1v) is 6.33. The zero-order valence-electron chi connectivity index (χ0n) is 12.5. The fourth-order valence-electron chi connectivity index (χ4n) is 1.91. The Morgan fingerprint density at radius 3 is 1.83 bits per heavy atom. The van der Waals surface area contributed by atoms with E-state index >= 15 is 0 Å². The van der Waals surface area contributed by atoms with Gasteiger partial charge in [-0.05, 0) is 29.4 Å². The normalized spacial score (nSPS) is 12.6. The molecule has 2 nitrogen and oxygen atoms in total. The molecule has 0 amide bonds. The van der Waals surface area contributed by atoms with Gasteiger partial charge >= 0.3 is 0 Å². The van der Waals surface area contributed by atoms with Gasteiger partial charge in [0.15, 0.2) is 5.78 Å². The standard InChI is InChI=1S/C16H24O2/c1-10(17)12-8-11(15(2,3)4)9-13(14(12)18)16(5,6)7/h8-9,18H,1-7H3. The highest BCUT2D eigenvalue weighted by atomic mass is 16.3. The Labute approximate surface area is 110 Å². The molecule has 0 bridgehead atoms. The van der Waals surface area contributed by atoms with E-state index in [1.54, 1.807) is 0 Å². The zero-order valence-corrected chi connectivity index (χ0v) is 12.5. The molecule has 18 heavy (non-hydrogen) atoms. The number of phenols is 1. The quantitative estimate of drug-likeness (QED) is 0.757. The van der Waals surface area contributed by atoms with Crippen molar-refractivity contribution in [3.8, 4) is 5.75 Å². The number of carbonyl (C=O) groups is 1. The Morgan fingerprint density at radius 2 is 1.50 bits per heavy atom. The van der Waals surface area contributed by atoms with Crippen LogP contribution in [0.2, 0.25) is 0 Å². The van der Waals surface area contributed by atoms with Crippen molar-refractivity contribution in [1.29, 1.82) is 0 Å². The minimum absolute atomic E-state index is 0.0437. The van der Waals surface area contributed by atoms with Gasteiger partial charge in [-0.2, -0.15) is 0 Å². The minimum atomic E-state index is -0.185. The third kappa shape index (κ3) is 2.92. The molecule has 1 N–H and O–H groups in total. The van der Waals surface area contributed by atoms with Gasteiger partial charge in [-0.3, -0.25) is 4.79 Å². The van der Waals surface area contributed by atoms with E-state index in [1.807, 2.05) is 32.9 Å². The monoisotopic (exact) mass is 248 g/mol. The Morgan fingerprint density at radius 1 is 1.00 bits per heavy atom. The molecule has 1 aromatic carbocycles. The topological polar surface area (TPSA) is 37.3 Å². The highest BCUT2D eigenvalue weighted by Gasteiger charge is 2.25. The van der Waals surface area contributed by atoms with Crippen molar-refractivity contribution < 1.29 is 9.90 Å². The van der Waals surface area contributed by atoms with E-state index in [9.17, 15) is 9.90 Å². The number of ketones is 1. The molecule has 0 aromatic heterocycles. The van der Waals surface area contributed by atoms with Crippen LogP contribution in [0.1, 0.15) is 70.0 Å². The number of aromatic hydroxyl groups is 1. The first-order valence-electron chi connectivity index (χ1n) is 6.33. The summed E-state index contributed by atoms with van der Waals surface area (Å²) in [6.45, 7) is 13.9. The lowest BCUT2D eigenvalue weighted by Gasteiger charge is -2.27. The summed E-state index contributed by atoms with van der Waals surface area (Å²) in [5.41, 5.74) is 2.11. The van der Waals surface area contributed by atoms with Gasteiger partial charge in [0.05, 0.1) is 5.56 Å². The van der Waals surface area contributed by atoms with Crippen molar-refractivity contribution in [3.63, 3.8) is 0 Å². The molecular weight excluding hydrogens is 224 g/mol. The van der Waals surface area contributed by atoms with Crippen molar-refractivity contribution in [2.75, 3.05) is 0 Å². The van der Waals surface area contributed by atoms with Crippen molar-refractivity contribution in [2.45, 2.75) is 59.3 Å². The van der Waals surface area contributed by atoms with Crippen LogP contribution in [0.4, 0.5) is 0 Å². The molecule has 100 valence electrons. The molecule has 0 atom stereocenters. The first kappa shape index (κ1) is 14.7. The molecule has 1 aromatic rings. The summed E-state index contributed by atoms with van der Waals surface area (Å²) in [4.78, 5) is 11.7. The van der Waals surface area contributed by atoms with Gasteiger partial charge in [-0.15, -0.1) is 0 Å². The Hall–Kier alpha value is -1.31. The molecule has 0 spiro atoms. The molecule has 0 radical (unpaired) electrons. The summed E-state index contributed by atoms with van der Waals surface area (Å²) in [6, 6.07) is 3.83. The number of Topliss-reactive ketones (excluding diaryl/α,β-unsaturated/α-hetero) is 1. The van der Waals surface area contributed by atoms with Crippen LogP contribution in [0, 0.1) is 0 Å². The number of hydrogen-bond acceptors (Lipinski definition) is 2. The molecule has 0 unspecified atom stereocenters. The Kier molecular flexibility index (Phi) is 3.62. The summed E-state index contributed by atoms with van der Waals surface area (Å²) < 4.78 is 0. The minimum Gasteiger partial charge on any atom is -0.507 e. The maximum absolute atomic E-state index is 11.7. The average Bonchev–Trinajstić information content (AvgIpc) is 2.13. The van der Waals surface area contributed by atoms with Crippen LogP contribution in [-0.4, -0.2) is 10.9 Å². The number of benzene rings is 1. The number of carbonyl (C=O) groups excluding carboxylic acids is 1. The van der Waals surface area contributed by atoms with Crippen LogP contribution < -0.4 is 0 Å². The summed E-state index contributed by atoms with van der Waals surface area (Å²) in [7, 11) is 0. The van der Waals surface area contributed by atoms with E-state index in [0.717, 1.165) is 11.1 Å². The fourth-order valence-corrected chi connectivity index (χ4v) is 1.91. The largest absolute Gasteiger partial charge is 0.507 e. The van der Waals surface area contributed by atoms with Gasteiger partial charge in [0.25, 0.3) is 0 Å². The SMILES string of the molecule is CC(=O)c1cc(C(C)(C)C)cc(C(C)(C)C)c1O. The molecule has 0 fully saturated rings. The van der Waals surface area contributed by atoms with Gasteiger partial charge in [-0.1, -0.05) is 47.6 Å². The van der Waals surface area contributed by atoms with Crippen molar-refractivity contribution in [2.24, 2.45) is 0 Å². The van der Waals surface area contributed by atoms with E-state index in [4.69, 9.17) is 0 Å². The number of rotatable bonds is 1. The van der Waals surface area contributed by atoms with E-state index in [2.05, 4.69) is 20.8 Å². The molecule has 2 heteroatoms. The zero-order chi connectivity index (χ0) is 14.3. The van der Waals surface area contributed by atoms with Crippen molar-refractivity contribution >= 4 is 5.78 Å². The molecule has 0 saturated carbocycles. The number of hydrogen-bond donors (Lipinski definition) is 1. The first-order chi connectivity index (χ1) is 7.94. The highest BCUT2D eigenvalue weighted by Crippen LogP contribution is 2.37. The second-order valence-corrected chi connectivity index (χ2v) is 6.98. The third-order valence-corrected chi connectivity index (χ3v) is 3.16. The van der Waals surface area contributed by atoms with Gasteiger partial charge in [0, 0.05) is 5.56 Å². The van der Waals surface area contributed by atoms with Crippen molar-refractivity contribution in [1.82, 2.24) is 0 Å². The van der Waals surface area contributed by atoms with Gasteiger partial charge in [0.1, 0.15) is 5.75 Å². The lowest BCUT2D eigenvalue weighted by atomic mass is 9.78. The summed E-state index contributed by atoms with van der Waals surface area (Å²) in [5, 5.41) is 10.3. The average molecular weight is 248 g/mol. The summed E-state index contributed by atoms with van der Waals surface area (Å²) >= 11 is 0. The van der Waals surface area contributed by atoms with Crippen LogP contribution in [-0.2, 0) is 10.8 Å². The summed E-state index contributed by atoms with van der Waals surface area (Å²) in [5.74, 6) is 0.0344. The maximum atomic E-state index is 11.7. The van der Waals surface area contributed by atoms with Gasteiger partial charge in [-0.25, -0.2) is 0 Å². The molecule has 0 saturated heterocycles. The van der Waals surface area contributed by atoms with Crippen LogP contribution >= 0.6 is 0 Å². The molecule has 0 aliphatic rings. The van der Waals surface area contributed by atoms with Crippen LogP contribution in [0.25, 0.3) is 0 Å². The van der Waals surface area contributed by atoms with Gasteiger partial charge < -0.3 is 5.11 Å². The van der Waals surface area contributed by atoms with E-state index in [-0.39, 0.29) is 22.4 Å². The third-order valence-electron chi connectivity index (χ3n) is 3.16. The molecule has 0 aliphatic carbocycles. The van der Waals surface area contributed by atoms with Crippen LogP contribution in [0.5, 0.6) is 5.75 Å². The predicted molar refractivity (Wildman–Crippen MR) is 75.5 cm³/mol. The predicted octanol–water partition coefficient (Wildman–Crippen LogP) is 4.19. The Balaban J connectivity index is 3.63. The second kappa shape index (κ2) is 4.42. The summed E-state index contributed by atoms with van der Waals surface area (Å²) in [6.07, 6.45) is 0. The molecule has 1 rings (SSSR count). The molecule has 0 aliphatic heterocycles. The van der Waals surface area contributed by atoms with Crippen LogP contribution in [0.15, 0.2) is 12.1 Å². The van der Waals surface area contributed by atoms with Crippen molar-refractivity contribution in [3.05, 3.63) is 28.8 Å². The van der Waals surface area contributed by atoms with E-state index in [1.165, 1.54) is 6.92 Å². The van der Waals surface area contributed by atoms with E-state index in [0.29, 0.717) is 5.56 Å². The Bertz CT molecular complexity index is 471.